The Morgan fingerprint density at radius 3 is 2.48 bits per heavy atom. The lowest BCUT2D eigenvalue weighted by Crippen LogP contribution is -2.13. The molecule has 0 aliphatic rings. The van der Waals surface area contributed by atoms with Crippen LogP contribution in [-0.4, -0.2) is 26.8 Å². The summed E-state index contributed by atoms with van der Waals surface area (Å²) in [7, 11) is 0. The Kier molecular flexibility index (Phi) is 5.05. The van der Waals surface area contributed by atoms with Gasteiger partial charge in [0.1, 0.15) is 0 Å². The largest absolute Gasteiger partial charge is 0.481 e. The number of nitrogens with one attached hydrogen (secondary N) is 1. The molecule has 8 heteroatoms. The van der Waals surface area contributed by atoms with E-state index < -0.39 is 24.3 Å². The lowest BCUT2D eigenvalue weighted by molar-refractivity contribution is -0.141. The van der Waals surface area contributed by atoms with Crippen molar-refractivity contribution < 1.29 is 23.5 Å². The highest BCUT2D eigenvalue weighted by molar-refractivity contribution is 6.03. The van der Waals surface area contributed by atoms with Gasteiger partial charge in [0.15, 0.2) is 0 Å². The first-order valence-corrected chi connectivity index (χ1v) is 6.82. The fraction of sp³-hybridized carbons (Fsp3) is 0.267. The Morgan fingerprint density at radius 2 is 1.96 bits per heavy atom. The molecule has 1 unspecified atom stereocenters. The number of carbonyl (C=O) groups is 2. The third kappa shape index (κ3) is 4.35. The highest BCUT2D eigenvalue weighted by Gasteiger charge is 2.14. The number of carboxylic acid groups (broad SMARTS) is 1. The Balaban J connectivity index is 1.99. The van der Waals surface area contributed by atoms with Crippen LogP contribution in [0, 0.1) is 5.92 Å². The predicted molar refractivity (Wildman–Crippen MR) is 78.4 cm³/mol. The molecule has 2 N–H and O–H groups in total. The maximum Gasteiger partial charge on any atom is 0.333 e. The van der Waals surface area contributed by atoms with Crippen molar-refractivity contribution in [3.63, 3.8) is 0 Å². The molecule has 6 nitrogen and oxygen atoms in total. The van der Waals surface area contributed by atoms with E-state index in [9.17, 15) is 18.4 Å². The number of hydrogen-bond donors (Lipinski definition) is 2. The fourth-order valence-electron chi connectivity index (χ4n) is 1.93. The smallest absolute Gasteiger partial charge is 0.333 e. The van der Waals surface area contributed by atoms with Crippen molar-refractivity contribution >= 4 is 17.6 Å². The summed E-state index contributed by atoms with van der Waals surface area (Å²) in [6.07, 6.45) is 2.40. The molecule has 23 heavy (non-hydrogen) atoms. The molecule has 0 saturated heterocycles. The SMILES string of the molecule is CC(Cc1ccc(NC(=O)c2cnn(C(F)F)c2)cc1)C(=O)O. The summed E-state index contributed by atoms with van der Waals surface area (Å²) >= 11 is 0. The summed E-state index contributed by atoms with van der Waals surface area (Å²) in [5, 5.41) is 14.8. The molecule has 2 rings (SSSR count). The summed E-state index contributed by atoms with van der Waals surface area (Å²) in [6.45, 7) is -1.19. The maximum absolute atomic E-state index is 12.4. The van der Waals surface area contributed by atoms with Crippen LogP contribution in [0.5, 0.6) is 0 Å². The Labute approximate surface area is 130 Å². The zero-order valence-corrected chi connectivity index (χ0v) is 12.2. The Morgan fingerprint density at radius 1 is 1.30 bits per heavy atom. The van der Waals surface area contributed by atoms with Gasteiger partial charge in [0.25, 0.3) is 5.91 Å². The number of carbonyl (C=O) groups excluding carboxylic acids is 1. The van der Waals surface area contributed by atoms with Gasteiger partial charge in [-0.3, -0.25) is 9.59 Å². The zero-order chi connectivity index (χ0) is 17.0. The van der Waals surface area contributed by atoms with Crippen molar-refractivity contribution in [2.24, 2.45) is 5.92 Å². The quantitative estimate of drug-likeness (QED) is 0.856. The summed E-state index contributed by atoms with van der Waals surface area (Å²) in [5.74, 6) is -1.93. The number of rotatable bonds is 6. The average Bonchev–Trinajstić information content (AvgIpc) is 2.99. The molecule has 1 aromatic heterocycles. The maximum atomic E-state index is 12.4. The van der Waals surface area contributed by atoms with E-state index in [-0.39, 0.29) is 5.56 Å². The standard InChI is InChI=1S/C15H15F2N3O3/c1-9(14(22)23)6-10-2-4-12(5-3-10)19-13(21)11-7-18-20(8-11)15(16)17/h2-5,7-9,15H,6H2,1H3,(H,19,21)(H,22,23). The number of anilines is 1. The molecule has 0 bridgehead atoms. The molecule has 1 heterocycles. The van der Waals surface area contributed by atoms with Crippen LogP contribution in [0.4, 0.5) is 14.5 Å². The molecule has 1 amide bonds. The van der Waals surface area contributed by atoms with Gasteiger partial charge in [0.2, 0.25) is 0 Å². The molecule has 1 atom stereocenters. The molecule has 0 aliphatic heterocycles. The summed E-state index contributed by atoms with van der Waals surface area (Å²) in [5.41, 5.74) is 1.32. The molecular formula is C15H15F2N3O3. The predicted octanol–water partition coefficient (Wildman–Crippen LogP) is 2.79. The lowest BCUT2D eigenvalue weighted by atomic mass is 10.0. The van der Waals surface area contributed by atoms with Gasteiger partial charge in [-0.15, -0.1) is 0 Å². The molecular weight excluding hydrogens is 308 g/mol. The molecule has 0 spiro atoms. The van der Waals surface area contributed by atoms with Gasteiger partial charge in [-0.2, -0.15) is 13.9 Å². The van der Waals surface area contributed by atoms with E-state index in [1.165, 1.54) is 0 Å². The molecule has 0 aliphatic carbocycles. The number of carboxylic acids is 1. The van der Waals surface area contributed by atoms with E-state index in [2.05, 4.69) is 10.4 Å². The summed E-state index contributed by atoms with van der Waals surface area (Å²) in [6, 6.07) is 6.66. The van der Waals surface area contributed by atoms with Crippen molar-refractivity contribution in [1.82, 2.24) is 9.78 Å². The average molecular weight is 323 g/mol. The minimum absolute atomic E-state index is 0.0221. The van der Waals surface area contributed by atoms with Crippen molar-refractivity contribution in [3.8, 4) is 0 Å². The Bertz CT molecular complexity index is 698. The van der Waals surface area contributed by atoms with Crippen molar-refractivity contribution in [2.45, 2.75) is 19.9 Å². The second-order valence-electron chi connectivity index (χ2n) is 5.08. The second kappa shape index (κ2) is 6.99. The van der Waals surface area contributed by atoms with E-state index in [4.69, 9.17) is 5.11 Å². The third-order valence-electron chi connectivity index (χ3n) is 3.24. The van der Waals surface area contributed by atoms with Gasteiger partial charge >= 0.3 is 12.5 Å². The summed E-state index contributed by atoms with van der Waals surface area (Å²) < 4.78 is 25.2. The van der Waals surface area contributed by atoms with Crippen molar-refractivity contribution in [3.05, 3.63) is 47.8 Å². The van der Waals surface area contributed by atoms with Crippen molar-refractivity contribution in [1.29, 1.82) is 0 Å². The molecule has 0 fully saturated rings. The monoisotopic (exact) mass is 323 g/mol. The van der Waals surface area contributed by atoms with E-state index >= 15 is 0 Å². The van der Waals surface area contributed by atoms with E-state index in [0.717, 1.165) is 18.0 Å². The van der Waals surface area contributed by atoms with Crippen LogP contribution in [0.3, 0.4) is 0 Å². The fourth-order valence-corrected chi connectivity index (χ4v) is 1.93. The minimum Gasteiger partial charge on any atom is -0.481 e. The van der Waals surface area contributed by atoms with Gasteiger partial charge in [-0.25, -0.2) is 4.68 Å². The van der Waals surface area contributed by atoms with Crippen LogP contribution in [-0.2, 0) is 11.2 Å². The number of aromatic nitrogens is 2. The normalized spacial score (nSPS) is 12.2. The van der Waals surface area contributed by atoms with Crippen LogP contribution in [0.25, 0.3) is 0 Å². The second-order valence-corrected chi connectivity index (χ2v) is 5.08. The van der Waals surface area contributed by atoms with Crippen molar-refractivity contribution in [2.75, 3.05) is 5.32 Å². The molecule has 2 aromatic rings. The van der Waals surface area contributed by atoms with Crippen LogP contribution >= 0.6 is 0 Å². The molecule has 0 saturated carbocycles. The number of hydrogen-bond acceptors (Lipinski definition) is 3. The van der Waals surface area contributed by atoms with Crippen LogP contribution in [0.2, 0.25) is 0 Å². The van der Waals surface area contributed by atoms with Gasteiger partial charge in [0.05, 0.1) is 17.7 Å². The highest BCUT2D eigenvalue weighted by Crippen LogP contribution is 2.15. The van der Waals surface area contributed by atoms with Gasteiger partial charge in [-0.1, -0.05) is 19.1 Å². The number of halogens is 2. The first-order valence-electron chi connectivity index (χ1n) is 6.82. The minimum atomic E-state index is -2.80. The van der Waals surface area contributed by atoms with Gasteiger partial charge in [-0.05, 0) is 24.1 Å². The number of aliphatic carboxylic acids is 1. The summed E-state index contributed by atoms with van der Waals surface area (Å²) in [4.78, 5) is 22.7. The lowest BCUT2D eigenvalue weighted by Gasteiger charge is -2.08. The Hall–Kier alpha value is -2.77. The van der Waals surface area contributed by atoms with E-state index in [1.807, 2.05) is 0 Å². The highest BCUT2D eigenvalue weighted by atomic mass is 19.3. The van der Waals surface area contributed by atoms with Gasteiger partial charge in [0, 0.05) is 11.9 Å². The number of nitrogens with zero attached hydrogens (tertiary/aromatic N) is 2. The van der Waals surface area contributed by atoms with E-state index in [0.29, 0.717) is 16.8 Å². The number of alkyl halides is 2. The van der Waals surface area contributed by atoms with Crippen LogP contribution in [0.15, 0.2) is 36.7 Å². The zero-order valence-electron chi connectivity index (χ0n) is 12.2. The van der Waals surface area contributed by atoms with Gasteiger partial charge < -0.3 is 10.4 Å². The van der Waals surface area contributed by atoms with Crippen LogP contribution < -0.4 is 5.32 Å². The number of benzene rings is 1. The topological polar surface area (TPSA) is 84.2 Å². The van der Waals surface area contributed by atoms with Crippen LogP contribution in [0.1, 0.15) is 29.4 Å². The third-order valence-corrected chi connectivity index (χ3v) is 3.24. The van der Waals surface area contributed by atoms with E-state index in [1.54, 1.807) is 31.2 Å². The molecule has 122 valence electrons. The molecule has 0 radical (unpaired) electrons. The first-order chi connectivity index (χ1) is 10.9. The number of amides is 1. The first kappa shape index (κ1) is 16.6. The molecule has 1 aromatic carbocycles.